The number of nitrogens with one attached hydrogen (secondary N) is 1. The van der Waals surface area contributed by atoms with Crippen LogP contribution in [0.5, 0.6) is 0 Å². The Kier molecular flexibility index (Phi) is 3.41. The predicted octanol–water partition coefficient (Wildman–Crippen LogP) is 1.40. The van der Waals surface area contributed by atoms with Gasteiger partial charge in [0.15, 0.2) is 0 Å². The van der Waals surface area contributed by atoms with E-state index in [-0.39, 0.29) is 0 Å². The lowest BCUT2D eigenvalue weighted by Gasteiger charge is -2.53. The zero-order valence-electron chi connectivity index (χ0n) is 12.3. The first kappa shape index (κ1) is 12.9. The Labute approximate surface area is 112 Å². The van der Waals surface area contributed by atoms with Crippen molar-refractivity contribution in [3.63, 3.8) is 0 Å². The molecular weight excluding hydrogens is 222 g/mol. The minimum atomic E-state index is 0.509. The van der Waals surface area contributed by atoms with Gasteiger partial charge in [0.1, 0.15) is 0 Å². The molecule has 3 aliphatic rings. The summed E-state index contributed by atoms with van der Waals surface area (Å²) in [5.74, 6) is 0.931. The summed E-state index contributed by atoms with van der Waals surface area (Å²) in [7, 11) is 0. The van der Waals surface area contributed by atoms with Crippen LogP contribution in [-0.2, 0) is 0 Å². The van der Waals surface area contributed by atoms with Gasteiger partial charge in [0.25, 0.3) is 0 Å². The average molecular weight is 251 g/mol. The third-order valence-corrected chi connectivity index (χ3v) is 5.44. The van der Waals surface area contributed by atoms with Gasteiger partial charge < -0.3 is 5.32 Å². The highest BCUT2D eigenvalue weighted by Gasteiger charge is 2.39. The van der Waals surface area contributed by atoms with Crippen molar-refractivity contribution < 1.29 is 0 Å². The maximum Gasteiger partial charge on any atom is 0.0350 e. The van der Waals surface area contributed by atoms with Gasteiger partial charge in [-0.2, -0.15) is 0 Å². The van der Waals surface area contributed by atoms with E-state index in [1.54, 1.807) is 0 Å². The van der Waals surface area contributed by atoms with E-state index in [1.807, 2.05) is 0 Å². The van der Waals surface area contributed by atoms with Crippen molar-refractivity contribution in [1.82, 2.24) is 15.1 Å². The van der Waals surface area contributed by atoms with Crippen molar-refractivity contribution in [2.45, 2.75) is 45.7 Å². The molecule has 0 unspecified atom stereocenters. The van der Waals surface area contributed by atoms with E-state index >= 15 is 0 Å². The van der Waals surface area contributed by atoms with E-state index in [9.17, 15) is 0 Å². The molecule has 3 nitrogen and oxygen atoms in total. The molecule has 0 saturated carbocycles. The molecule has 3 heteroatoms. The maximum absolute atomic E-state index is 3.37. The molecule has 3 rings (SSSR count). The summed E-state index contributed by atoms with van der Waals surface area (Å²) >= 11 is 0. The van der Waals surface area contributed by atoms with Gasteiger partial charge in [0.2, 0.25) is 0 Å². The van der Waals surface area contributed by atoms with E-state index in [4.69, 9.17) is 0 Å². The highest BCUT2D eigenvalue weighted by molar-refractivity contribution is 4.97. The van der Waals surface area contributed by atoms with Crippen LogP contribution in [0.1, 0.15) is 33.6 Å². The summed E-state index contributed by atoms with van der Waals surface area (Å²) in [6.07, 6.45) is 2.82. The highest BCUT2D eigenvalue weighted by atomic mass is 15.4. The zero-order chi connectivity index (χ0) is 12.8. The van der Waals surface area contributed by atoms with E-state index in [0.717, 1.165) is 18.0 Å². The first-order valence-electron chi connectivity index (χ1n) is 7.73. The largest absolute Gasteiger partial charge is 0.314 e. The summed E-state index contributed by atoms with van der Waals surface area (Å²) in [6, 6.07) is 1.72. The van der Waals surface area contributed by atoms with Gasteiger partial charge in [-0.3, -0.25) is 9.80 Å². The van der Waals surface area contributed by atoms with E-state index in [1.165, 1.54) is 52.1 Å². The molecule has 1 N–H and O–H groups in total. The van der Waals surface area contributed by atoms with E-state index < -0.39 is 0 Å². The van der Waals surface area contributed by atoms with Crippen molar-refractivity contribution in [3.05, 3.63) is 0 Å². The van der Waals surface area contributed by atoms with Crippen LogP contribution in [0.3, 0.4) is 0 Å². The van der Waals surface area contributed by atoms with Gasteiger partial charge in [0.05, 0.1) is 0 Å². The molecule has 3 heterocycles. The molecule has 0 aromatic rings. The third kappa shape index (κ3) is 2.45. The summed E-state index contributed by atoms with van der Waals surface area (Å²) in [6.45, 7) is 15.0. The van der Waals surface area contributed by atoms with Crippen molar-refractivity contribution in [2.24, 2.45) is 11.3 Å². The summed E-state index contributed by atoms with van der Waals surface area (Å²) in [5, 5.41) is 3.37. The summed E-state index contributed by atoms with van der Waals surface area (Å²) < 4.78 is 0. The van der Waals surface area contributed by atoms with Crippen molar-refractivity contribution in [2.75, 3.05) is 39.3 Å². The fourth-order valence-corrected chi connectivity index (χ4v) is 3.68. The average Bonchev–Trinajstić information content (AvgIpc) is 2.19. The SMILES string of the molecule is CC(C)(C)C1CCN(C2CN(C3CNC3)C2)CC1. The smallest absolute Gasteiger partial charge is 0.0350 e. The Morgan fingerprint density at radius 3 is 1.94 bits per heavy atom. The van der Waals surface area contributed by atoms with Crippen LogP contribution in [0.4, 0.5) is 0 Å². The van der Waals surface area contributed by atoms with Crippen LogP contribution in [0.25, 0.3) is 0 Å². The topological polar surface area (TPSA) is 18.5 Å². The lowest BCUT2D eigenvalue weighted by atomic mass is 9.75. The van der Waals surface area contributed by atoms with Crippen molar-refractivity contribution >= 4 is 0 Å². The van der Waals surface area contributed by atoms with E-state index in [2.05, 4.69) is 35.9 Å². The molecule has 0 radical (unpaired) electrons. The summed E-state index contributed by atoms with van der Waals surface area (Å²) in [5.41, 5.74) is 0.509. The molecule has 3 aliphatic heterocycles. The Morgan fingerprint density at radius 2 is 1.50 bits per heavy atom. The Morgan fingerprint density at radius 1 is 0.889 bits per heavy atom. The molecule has 0 aliphatic carbocycles. The number of rotatable bonds is 2. The number of hydrogen-bond donors (Lipinski definition) is 1. The van der Waals surface area contributed by atoms with Crippen molar-refractivity contribution in [3.8, 4) is 0 Å². The predicted molar refractivity (Wildman–Crippen MR) is 75.8 cm³/mol. The van der Waals surface area contributed by atoms with Gasteiger partial charge in [-0.25, -0.2) is 0 Å². The lowest BCUT2D eigenvalue weighted by molar-refractivity contribution is -0.0294. The lowest BCUT2D eigenvalue weighted by Crippen LogP contribution is -2.69. The second-order valence-electron chi connectivity index (χ2n) is 7.60. The molecular formula is C15H29N3. The molecule has 0 amide bonds. The molecule has 3 fully saturated rings. The number of hydrogen-bond acceptors (Lipinski definition) is 3. The van der Waals surface area contributed by atoms with E-state index in [0.29, 0.717) is 5.41 Å². The quantitative estimate of drug-likeness (QED) is 0.800. The fourth-order valence-electron chi connectivity index (χ4n) is 3.68. The van der Waals surface area contributed by atoms with Crippen LogP contribution in [0, 0.1) is 11.3 Å². The van der Waals surface area contributed by atoms with Crippen LogP contribution in [0.2, 0.25) is 0 Å². The van der Waals surface area contributed by atoms with Gasteiger partial charge in [-0.15, -0.1) is 0 Å². The highest BCUT2D eigenvalue weighted by Crippen LogP contribution is 2.35. The minimum absolute atomic E-state index is 0.509. The molecule has 0 bridgehead atoms. The molecule has 3 saturated heterocycles. The molecule has 0 spiro atoms. The van der Waals surface area contributed by atoms with Crippen LogP contribution >= 0.6 is 0 Å². The van der Waals surface area contributed by atoms with Crippen LogP contribution in [-0.4, -0.2) is 61.2 Å². The fraction of sp³-hybridized carbons (Fsp3) is 1.00. The molecule has 104 valence electrons. The minimum Gasteiger partial charge on any atom is -0.314 e. The second kappa shape index (κ2) is 4.77. The van der Waals surface area contributed by atoms with Gasteiger partial charge in [0, 0.05) is 38.3 Å². The normalized spacial score (nSPS) is 30.2. The van der Waals surface area contributed by atoms with Crippen molar-refractivity contribution in [1.29, 1.82) is 0 Å². The second-order valence-corrected chi connectivity index (χ2v) is 7.60. The standard InChI is InChI=1S/C15H29N3/c1-15(2,3)12-4-6-17(7-5-12)14-10-18(11-14)13-8-16-9-13/h12-14,16H,4-11H2,1-3H3. The first-order valence-corrected chi connectivity index (χ1v) is 7.73. The molecule has 0 aromatic heterocycles. The Hall–Kier alpha value is -0.120. The Bertz CT molecular complexity index is 279. The molecule has 0 atom stereocenters. The number of likely N-dealkylation sites (tertiary alicyclic amines) is 2. The molecule has 18 heavy (non-hydrogen) atoms. The number of piperidine rings is 1. The van der Waals surface area contributed by atoms with Crippen LogP contribution < -0.4 is 5.32 Å². The monoisotopic (exact) mass is 251 g/mol. The Balaban J connectivity index is 1.41. The zero-order valence-corrected chi connectivity index (χ0v) is 12.3. The van der Waals surface area contributed by atoms with Gasteiger partial charge >= 0.3 is 0 Å². The van der Waals surface area contributed by atoms with Gasteiger partial charge in [-0.1, -0.05) is 20.8 Å². The number of nitrogens with zero attached hydrogens (tertiary/aromatic N) is 2. The maximum atomic E-state index is 3.37. The molecule has 0 aromatic carbocycles. The third-order valence-electron chi connectivity index (χ3n) is 5.44. The van der Waals surface area contributed by atoms with Gasteiger partial charge in [-0.05, 0) is 37.3 Å². The first-order chi connectivity index (χ1) is 8.54. The van der Waals surface area contributed by atoms with Crippen LogP contribution in [0.15, 0.2) is 0 Å². The summed E-state index contributed by atoms with van der Waals surface area (Å²) in [4.78, 5) is 5.42.